The highest BCUT2D eigenvalue weighted by Crippen LogP contribution is 2.28. The number of benzene rings is 9. The van der Waals surface area contributed by atoms with Crippen molar-refractivity contribution in [2.24, 2.45) is 5.73 Å². The molecule has 9 aromatic carbocycles. The van der Waals surface area contributed by atoms with Crippen LogP contribution in [0.1, 0.15) is 46.4 Å². The maximum Gasteiger partial charge on any atom is 0.251 e. The molecule has 0 atom stereocenters. The number of hydrogen-bond acceptors (Lipinski definition) is 6. The second kappa shape index (κ2) is 28.9. The van der Waals surface area contributed by atoms with Crippen molar-refractivity contribution < 1.29 is 17.8 Å². The monoisotopic (exact) mass is 1140 g/mol. The van der Waals surface area contributed by atoms with Crippen LogP contribution >= 0.6 is 0 Å². The summed E-state index contributed by atoms with van der Waals surface area (Å²) >= 11 is 0. The van der Waals surface area contributed by atoms with Gasteiger partial charge in [-0.15, -0.1) is 0 Å². The maximum atomic E-state index is 14.2. The van der Waals surface area contributed by atoms with Crippen LogP contribution in [0.3, 0.4) is 0 Å². The van der Waals surface area contributed by atoms with Crippen LogP contribution in [-0.4, -0.2) is 78.3 Å². The zero-order valence-electron chi connectivity index (χ0n) is 46.6. The van der Waals surface area contributed by atoms with Gasteiger partial charge >= 0.3 is 0 Å². The molecule has 412 valence electrons. The molecule has 0 aromatic heterocycles. The van der Waals surface area contributed by atoms with Crippen LogP contribution in [0.25, 0.3) is 0 Å². The fraction of sp³-hybridized carbons (Fsp3) is 0.188. The smallest absolute Gasteiger partial charge is 0.251 e. The molecule has 8 nitrogen and oxygen atoms in total. The van der Waals surface area contributed by atoms with Gasteiger partial charge in [-0.05, 0) is 130 Å². The van der Waals surface area contributed by atoms with E-state index in [1.54, 1.807) is 24.3 Å². The zero-order chi connectivity index (χ0) is 56.1. The molecule has 0 fully saturated rings. The van der Waals surface area contributed by atoms with Gasteiger partial charge in [0, 0.05) is 24.2 Å². The Labute approximate surface area is 484 Å². The van der Waals surface area contributed by atoms with E-state index in [1.165, 1.54) is 41.5 Å². The molecule has 0 saturated carbocycles. The molecule has 81 heavy (non-hydrogen) atoms. The predicted octanol–water partition coefficient (Wildman–Crippen LogP) is 7.96. The minimum atomic E-state index is -3.08. The third-order valence-corrected chi connectivity index (χ3v) is 35.6. The molecule has 0 radical (unpaired) electrons. The first-order chi connectivity index (χ1) is 39.9. The van der Waals surface area contributed by atoms with Gasteiger partial charge < -0.3 is 29.9 Å². The first kappa shape index (κ1) is 58.3. The number of carbonyl (C=O) groups is 2. The fourth-order valence-electron chi connectivity index (χ4n) is 11.7. The van der Waals surface area contributed by atoms with E-state index in [-0.39, 0.29) is 11.8 Å². The zero-order valence-corrected chi connectivity index (χ0v) is 50.6. The minimum absolute atomic E-state index is 0.223. The highest BCUT2D eigenvalue weighted by atomic mass is 28.4. The van der Waals surface area contributed by atoms with Crippen LogP contribution in [0.4, 0.5) is 0 Å². The second-order valence-corrected chi connectivity index (χ2v) is 35.7. The second-order valence-electron chi connectivity index (χ2n) is 20.8. The molecule has 0 bridgehead atoms. The van der Waals surface area contributed by atoms with Crippen LogP contribution in [0.2, 0.25) is 24.2 Å². The molecule has 0 spiro atoms. The van der Waals surface area contributed by atoms with Gasteiger partial charge in [0.25, 0.3) is 11.8 Å². The number of carbonyl (C=O) groups excluding carboxylic acids is 2. The van der Waals surface area contributed by atoms with Crippen LogP contribution in [0, 0.1) is 0 Å². The van der Waals surface area contributed by atoms with Crippen LogP contribution < -0.4 is 63.2 Å². The first-order valence-corrected chi connectivity index (χ1v) is 37.2. The van der Waals surface area contributed by atoms with Crippen molar-refractivity contribution in [2.75, 3.05) is 33.2 Å². The molecule has 0 unspecified atom stereocenters. The highest BCUT2D eigenvalue weighted by Gasteiger charge is 2.51. The van der Waals surface area contributed by atoms with Gasteiger partial charge in [-0.2, -0.15) is 0 Å². The van der Waals surface area contributed by atoms with Crippen molar-refractivity contribution in [2.45, 2.75) is 49.9 Å². The Bertz CT molecular complexity index is 3160. The summed E-state index contributed by atoms with van der Waals surface area (Å²) in [6.07, 6.45) is 3.13. The Morgan fingerprint density at radius 2 is 0.568 bits per heavy atom. The van der Waals surface area contributed by atoms with E-state index in [9.17, 15) is 9.59 Å². The third kappa shape index (κ3) is 13.9. The molecule has 0 aliphatic heterocycles. The number of amides is 2. The molecule has 0 heterocycles. The summed E-state index contributed by atoms with van der Waals surface area (Å²) < 4.78 is 16.6. The summed E-state index contributed by atoms with van der Waals surface area (Å²) in [4.78, 5) is 28.3. The van der Waals surface area contributed by atoms with Gasteiger partial charge in [-0.1, -0.05) is 249 Å². The number of nitrogens with one attached hydrogen (secondary N) is 3. The minimum Gasteiger partial charge on any atom is -0.442 e. The third-order valence-electron chi connectivity index (χ3n) is 15.7. The molecular formula is C69H76N4O4Si4. The van der Waals surface area contributed by atoms with Crippen molar-refractivity contribution in [1.29, 1.82) is 0 Å². The molecule has 12 heteroatoms. The lowest BCUT2D eigenvalue weighted by molar-refractivity contribution is 0.0953. The normalized spacial score (nSPS) is 11.9. The van der Waals surface area contributed by atoms with E-state index in [4.69, 9.17) is 14.0 Å². The van der Waals surface area contributed by atoms with Crippen molar-refractivity contribution in [1.82, 2.24) is 16.0 Å². The van der Waals surface area contributed by atoms with E-state index in [2.05, 4.69) is 259 Å². The van der Waals surface area contributed by atoms with E-state index in [0.29, 0.717) is 43.6 Å². The van der Waals surface area contributed by atoms with Gasteiger partial charge in [-0.25, -0.2) is 0 Å². The summed E-state index contributed by atoms with van der Waals surface area (Å²) in [6.45, 7) is 2.29. The Kier molecular flexibility index (Phi) is 20.8. The van der Waals surface area contributed by atoms with Crippen molar-refractivity contribution in [3.63, 3.8) is 0 Å². The van der Waals surface area contributed by atoms with Gasteiger partial charge in [0.1, 0.15) is 0 Å². The molecule has 0 aliphatic rings. The fourth-order valence-corrected chi connectivity index (χ4v) is 34.1. The molecule has 0 saturated heterocycles. The quantitative estimate of drug-likeness (QED) is 0.0280. The largest absolute Gasteiger partial charge is 0.442 e. The number of hydrogen-bond donors (Lipinski definition) is 4. The molecule has 2 amide bonds. The predicted molar refractivity (Wildman–Crippen MR) is 346 cm³/mol. The molecule has 0 aliphatic carbocycles. The average Bonchev–Trinajstić information content (AvgIpc) is 3.58. The topological polar surface area (TPSA) is 115 Å². The lowest BCUT2D eigenvalue weighted by Gasteiger charge is -2.44. The molecular weight excluding hydrogens is 1060 g/mol. The van der Waals surface area contributed by atoms with E-state index in [1.807, 2.05) is 7.05 Å². The van der Waals surface area contributed by atoms with Crippen LogP contribution in [-0.2, 0) is 8.23 Å². The van der Waals surface area contributed by atoms with E-state index in [0.717, 1.165) is 43.6 Å². The van der Waals surface area contributed by atoms with Crippen molar-refractivity contribution in [3.05, 3.63) is 278 Å². The number of nitrogens with two attached hydrogens (primary N) is 1. The van der Waals surface area contributed by atoms with Crippen LogP contribution in [0.15, 0.2) is 267 Å². The van der Waals surface area contributed by atoms with E-state index >= 15 is 0 Å². The van der Waals surface area contributed by atoms with Gasteiger partial charge in [0.15, 0.2) is 0 Å². The standard InChI is InChI=1S/C69H76N4O4Si4/c1-71-50-28-54-79(62-37-14-4-15-38-62,63-39-16-5-17-40-63)77-81(66-45-22-8-23-46-66,67-47-24-9-25-48-67)56-30-52-73-69(75)59-32-26-31-58(57-59)68(74)72-51-29-55-80(64-41-18-6-19-42-64,65-43-20-7-21-44-65)76-78(53-27-49-70,60-33-10-2-11-34-60)61-35-12-3-13-36-61/h2-26,31-48,57,71H,27-30,49-56,70H2,1H3,(H,72,74)(H,73,75). The highest BCUT2D eigenvalue weighted by molar-refractivity contribution is 7.10. The molecule has 5 N–H and O–H groups in total. The lowest BCUT2D eigenvalue weighted by atomic mass is 10.1. The van der Waals surface area contributed by atoms with Crippen LogP contribution in [0.5, 0.6) is 0 Å². The summed E-state index contributed by atoms with van der Waals surface area (Å²) in [5, 5.41) is 19.6. The van der Waals surface area contributed by atoms with Gasteiger partial charge in [0.05, 0.1) is 0 Å². The Morgan fingerprint density at radius 3 is 0.802 bits per heavy atom. The molecule has 9 rings (SSSR count). The summed E-state index contributed by atoms with van der Waals surface area (Å²) in [6, 6.07) is 96.6. The number of rotatable bonds is 29. The SMILES string of the molecule is CNCCC[Si](O[Si](CCCNC(=O)c1cccc(C(=O)NCCC[Si](O[Si](CCCN)(c2ccccc2)c2ccccc2)(c2ccccc2)c2ccccc2)c1)(c1ccccc1)c1ccccc1)(c1ccccc1)c1ccccc1. The molecule has 9 aromatic rings. The summed E-state index contributed by atoms with van der Waals surface area (Å²) in [5.41, 5.74) is 7.20. The Hall–Kier alpha value is -7.37. The van der Waals surface area contributed by atoms with Gasteiger partial charge in [0.2, 0.25) is 33.3 Å². The van der Waals surface area contributed by atoms with E-state index < -0.39 is 33.3 Å². The Balaban J connectivity index is 0.938. The van der Waals surface area contributed by atoms with Gasteiger partial charge in [-0.3, -0.25) is 9.59 Å². The average molecular weight is 1140 g/mol. The summed E-state index contributed by atoms with van der Waals surface area (Å²) in [5.74, 6) is -0.449. The maximum absolute atomic E-state index is 14.2. The summed E-state index contributed by atoms with van der Waals surface area (Å²) in [7, 11) is -10.0. The Morgan fingerprint density at radius 1 is 0.333 bits per heavy atom. The first-order valence-electron chi connectivity index (χ1n) is 28.7. The lowest BCUT2D eigenvalue weighted by Crippen LogP contribution is -2.73. The van der Waals surface area contributed by atoms with Crippen molar-refractivity contribution >= 4 is 86.6 Å². The van der Waals surface area contributed by atoms with Crippen molar-refractivity contribution in [3.8, 4) is 0 Å².